The van der Waals surface area contributed by atoms with Crippen LogP contribution in [0.15, 0.2) is 48.7 Å². The fourth-order valence-electron chi connectivity index (χ4n) is 5.02. The van der Waals surface area contributed by atoms with Gasteiger partial charge < -0.3 is 19.6 Å². The molecule has 0 bridgehead atoms. The number of fused-ring (bicyclic) bond motifs is 1. The van der Waals surface area contributed by atoms with Gasteiger partial charge in [0.2, 0.25) is 10.0 Å². The van der Waals surface area contributed by atoms with Gasteiger partial charge in [0.05, 0.1) is 25.2 Å². The predicted molar refractivity (Wildman–Crippen MR) is 153 cm³/mol. The number of pyridine rings is 1. The lowest BCUT2D eigenvalue weighted by atomic mass is 9.89. The highest BCUT2D eigenvalue weighted by Crippen LogP contribution is 2.37. The Kier molecular flexibility index (Phi) is 7.02. The summed E-state index contributed by atoms with van der Waals surface area (Å²) in [5.41, 5.74) is 6.19. The number of aromatic hydroxyl groups is 1. The molecule has 2 N–H and O–H groups in total. The lowest BCUT2D eigenvalue weighted by Crippen LogP contribution is -2.37. The van der Waals surface area contributed by atoms with Crippen molar-refractivity contribution in [3.8, 4) is 16.9 Å². The number of phenols is 1. The molecule has 10 heteroatoms. The molecule has 0 atom stereocenters. The molecule has 1 fully saturated rings. The summed E-state index contributed by atoms with van der Waals surface area (Å²) in [7, 11) is -3.59. The topological polar surface area (TPSA) is 112 Å². The first kappa shape index (κ1) is 27.0. The number of hydrogen-bond acceptors (Lipinski definition) is 7. The number of nitrogens with zero attached hydrogens (tertiary/aromatic N) is 3. The highest BCUT2D eigenvalue weighted by molar-refractivity contribution is 7.92. The van der Waals surface area contributed by atoms with Crippen molar-refractivity contribution in [3.05, 3.63) is 65.5 Å². The van der Waals surface area contributed by atoms with E-state index >= 15 is 0 Å². The second-order valence-corrected chi connectivity index (χ2v) is 12.8. The summed E-state index contributed by atoms with van der Waals surface area (Å²) in [5, 5.41) is 10.1. The smallest absolute Gasteiger partial charge is 0.258 e. The number of rotatable bonds is 5. The van der Waals surface area contributed by atoms with Crippen molar-refractivity contribution in [2.45, 2.75) is 32.6 Å². The van der Waals surface area contributed by atoms with Gasteiger partial charge in [0.15, 0.2) is 0 Å². The highest BCUT2D eigenvalue weighted by atomic mass is 32.2. The zero-order chi connectivity index (χ0) is 27.9. The molecule has 2 aliphatic rings. The molecule has 1 saturated heterocycles. The number of morpholine rings is 1. The summed E-state index contributed by atoms with van der Waals surface area (Å²) >= 11 is 0. The van der Waals surface area contributed by atoms with Crippen molar-refractivity contribution in [1.82, 2.24) is 4.98 Å². The number of anilines is 3. The average Bonchev–Trinajstić information content (AvgIpc) is 2.89. The van der Waals surface area contributed by atoms with Crippen molar-refractivity contribution in [2.24, 2.45) is 0 Å². The van der Waals surface area contributed by atoms with Gasteiger partial charge in [0.1, 0.15) is 5.75 Å². The van der Waals surface area contributed by atoms with E-state index < -0.39 is 10.0 Å². The molecule has 9 nitrogen and oxygen atoms in total. The molecule has 5 rings (SSSR count). The molecule has 206 valence electrons. The number of carbonyl (C=O) groups excluding carboxylic acids is 1. The summed E-state index contributed by atoms with van der Waals surface area (Å²) in [4.78, 5) is 22.3. The van der Waals surface area contributed by atoms with Crippen molar-refractivity contribution >= 4 is 33.0 Å². The maximum atomic E-state index is 13.5. The Balaban J connectivity index is 1.48. The highest BCUT2D eigenvalue weighted by Gasteiger charge is 2.28. The van der Waals surface area contributed by atoms with Crippen LogP contribution in [0.4, 0.5) is 17.1 Å². The van der Waals surface area contributed by atoms with Gasteiger partial charge >= 0.3 is 0 Å². The average molecular weight is 551 g/mol. The first-order valence-electron chi connectivity index (χ1n) is 13.0. The zero-order valence-corrected chi connectivity index (χ0v) is 23.5. The molecule has 0 saturated carbocycles. The van der Waals surface area contributed by atoms with Crippen LogP contribution in [0, 0.1) is 0 Å². The van der Waals surface area contributed by atoms with Gasteiger partial charge in [-0.1, -0.05) is 32.9 Å². The second-order valence-electron chi connectivity index (χ2n) is 11.1. The normalized spacial score (nSPS) is 16.3. The Morgan fingerprint density at radius 3 is 2.44 bits per heavy atom. The van der Waals surface area contributed by atoms with Crippen LogP contribution in [-0.4, -0.2) is 63.5 Å². The number of carbonyl (C=O) groups is 1. The maximum Gasteiger partial charge on any atom is 0.258 e. The van der Waals surface area contributed by atoms with Gasteiger partial charge in [0, 0.05) is 59.4 Å². The molecular formula is C29H34N4O5S. The van der Waals surface area contributed by atoms with E-state index in [4.69, 9.17) is 9.72 Å². The Morgan fingerprint density at radius 1 is 1.00 bits per heavy atom. The van der Waals surface area contributed by atoms with Crippen molar-refractivity contribution < 1.29 is 23.1 Å². The number of phenolic OH excluding ortho intramolecular Hbond substituents is 1. The van der Waals surface area contributed by atoms with E-state index in [9.17, 15) is 18.3 Å². The lowest BCUT2D eigenvalue weighted by Gasteiger charge is -2.32. The molecular weight excluding hydrogens is 516 g/mol. The molecule has 0 radical (unpaired) electrons. The monoisotopic (exact) mass is 550 g/mol. The largest absolute Gasteiger partial charge is 0.506 e. The standard InChI is InChI=1S/C29H34N4O5S/c1-29(2,3)27-17-25(32-11-13-38-14-12-32)23(18-30-27)19-5-7-22-20(15-19)9-10-33(28(22)35)21-6-8-26(34)24(16-21)31-39(4,36)37/h5-8,15-18,31,34H,9-14H2,1-4H3. The number of nitrogens with one attached hydrogen (secondary N) is 1. The minimum atomic E-state index is -3.59. The van der Waals surface area contributed by atoms with Crippen LogP contribution in [-0.2, 0) is 26.6 Å². The fraction of sp³-hybridized carbons (Fsp3) is 0.379. The molecule has 2 aliphatic heterocycles. The maximum absolute atomic E-state index is 13.5. The van der Waals surface area contributed by atoms with E-state index in [2.05, 4.69) is 42.5 Å². The molecule has 39 heavy (non-hydrogen) atoms. The van der Waals surface area contributed by atoms with Crippen LogP contribution < -0.4 is 14.5 Å². The molecule has 3 aromatic rings. The van der Waals surface area contributed by atoms with Gasteiger partial charge in [-0.25, -0.2) is 8.42 Å². The summed E-state index contributed by atoms with van der Waals surface area (Å²) in [6.45, 7) is 9.87. The van der Waals surface area contributed by atoms with E-state index in [1.54, 1.807) is 11.0 Å². The Morgan fingerprint density at radius 2 is 1.74 bits per heavy atom. The van der Waals surface area contributed by atoms with Crippen molar-refractivity contribution in [3.63, 3.8) is 0 Å². The number of benzene rings is 2. The third-order valence-corrected chi connectivity index (χ3v) is 7.68. The molecule has 0 unspecified atom stereocenters. The SMILES string of the molecule is CC(C)(C)c1cc(N2CCOCC2)c(-c2ccc3c(c2)CCN(c2ccc(O)c(NS(C)(=O)=O)c2)C3=O)cn1. The number of amides is 1. The minimum Gasteiger partial charge on any atom is -0.506 e. The van der Waals surface area contributed by atoms with Crippen LogP contribution in [0.3, 0.4) is 0 Å². The first-order chi connectivity index (χ1) is 18.4. The molecule has 1 amide bonds. The van der Waals surface area contributed by atoms with Gasteiger partial charge in [-0.3, -0.25) is 14.5 Å². The van der Waals surface area contributed by atoms with E-state index in [0.29, 0.717) is 37.4 Å². The van der Waals surface area contributed by atoms with E-state index in [-0.39, 0.29) is 22.8 Å². The Hall–Kier alpha value is -3.63. The van der Waals surface area contributed by atoms with Gasteiger partial charge in [0.25, 0.3) is 5.91 Å². The van der Waals surface area contributed by atoms with Crippen LogP contribution >= 0.6 is 0 Å². The van der Waals surface area contributed by atoms with Crippen molar-refractivity contribution in [2.75, 3.05) is 53.6 Å². The summed E-state index contributed by atoms with van der Waals surface area (Å²) < 4.78 is 31.3. The van der Waals surface area contributed by atoms with Crippen LogP contribution in [0.25, 0.3) is 11.1 Å². The summed E-state index contributed by atoms with van der Waals surface area (Å²) in [6.07, 6.45) is 3.58. The lowest BCUT2D eigenvalue weighted by molar-refractivity contribution is 0.0980. The Bertz CT molecular complexity index is 1530. The summed E-state index contributed by atoms with van der Waals surface area (Å²) in [5.74, 6) is -0.380. The molecule has 1 aromatic heterocycles. The molecule has 3 heterocycles. The first-order valence-corrected chi connectivity index (χ1v) is 14.9. The molecule has 2 aromatic carbocycles. The quantitative estimate of drug-likeness (QED) is 0.459. The van der Waals surface area contributed by atoms with E-state index in [0.717, 1.165) is 47.4 Å². The number of ether oxygens (including phenoxy) is 1. The third kappa shape index (κ3) is 5.72. The number of sulfonamides is 1. The van der Waals surface area contributed by atoms with Gasteiger partial charge in [-0.2, -0.15) is 0 Å². The molecule has 0 spiro atoms. The number of hydrogen-bond donors (Lipinski definition) is 2. The van der Waals surface area contributed by atoms with E-state index in [1.807, 2.05) is 18.3 Å². The van der Waals surface area contributed by atoms with Crippen LogP contribution in [0.1, 0.15) is 42.4 Å². The third-order valence-electron chi connectivity index (χ3n) is 7.09. The fourth-order valence-corrected chi connectivity index (χ4v) is 5.58. The Labute approximate surface area is 229 Å². The van der Waals surface area contributed by atoms with Crippen LogP contribution in [0.2, 0.25) is 0 Å². The molecule has 0 aliphatic carbocycles. The predicted octanol–water partition coefficient (Wildman–Crippen LogP) is 4.16. The minimum absolute atomic E-state index is 0.0331. The van der Waals surface area contributed by atoms with Crippen molar-refractivity contribution in [1.29, 1.82) is 0 Å². The van der Waals surface area contributed by atoms with Crippen LogP contribution in [0.5, 0.6) is 5.75 Å². The second kappa shape index (κ2) is 10.2. The van der Waals surface area contributed by atoms with E-state index in [1.165, 1.54) is 12.1 Å². The summed E-state index contributed by atoms with van der Waals surface area (Å²) in [6, 6.07) is 12.6. The zero-order valence-electron chi connectivity index (χ0n) is 22.7. The number of aromatic nitrogens is 1. The van der Waals surface area contributed by atoms with Gasteiger partial charge in [-0.05, 0) is 47.9 Å². The van der Waals surface area contributed by atoms with Gasteiger partial charge in [-0.15, -0.1) is 0 Å².